The molecular formula is C13H18FN7O3. The summed E-state index contributed by atoms with van der Waals surface area (Å²) < 4.78 is 16.0. The molecule has 0 saturated carbocycles. The Balaban J connectivity index is 1.84. The number of carbonyl (C=O) groups is 1. The van der Waals surface area contributed by atoms with Gasteiger partial charge in [0.1, 0.15) is 5.69 Å². The summed E-state index contributed by atoms with van der Waals surface area (Å²) in [5.41, 5.74) is 6.63. The first-order valence-corrected chi connectivity index (χ1v) is 7.34. The molecule has 24 heavy (non-hydrogen) atoms. The third-order valence-corrected chi connectivity index (χ3v) is 3.31. The molecule has 10 nitrogen and oxygen atoms in total. The van der Waals surface area contributed by atoms with Gasteiger partial charge in [0.2, 0.25) is 5.91 Å². The standard InChI is InChI=1S/C13H18FN7O3/c14-10-8-20(13(23)16-12(10)15)6-9-7-21(19-17-9)5-3-1-2-4-11(22)18-24/h7-8,24H,1-6H2,(H,18,22)(H2,15,16,23). The SMILES string of the molecule is Nc1nc(=O)n(Cc2cn(CCCCCC(=O)NO)nn2)cc1F. The number of amides is 1. The molecule has 4 N–H and O–H groups in total. The second-order valence-electron chi connectivity index (χ2n) is 5.20. The third-order valence-electron chi connectivity index (χ3n) is 3.31. The van der Waals surface area contributed by atoms with Gasteiger partial charge in [-0.05, 0) is 12.8 Å². The molecule has 0 unspecified atom stereocenters. The van der Waals surface area contributed by atoms with Crippen LogP contribution in [-0.2, 0) is 17.9 Å². The molecule has 0 aliphatic heterocycles. The fourth-order valence-electron chi connectivity index (χ4n) is 2.08. The second-order valence-corrected chi connectivity index (χ2v) is 5.20. The van der Waals surface area contributed by atoms with Gasteiger partial charge in [-0.3, -0.25) is 19.3 Å². The molecule has 0 fully saturated rings. The van der Waals surface area contributed by atoms with Gasteiger partial charge in [0.05, 0.1) is 12.7 Å². The summed E-state index contributed by atoms with van der Waals surface area (Å²) in [5.74, 6) is -1.61. The number of anilines is 1. The highest BCUT2D eigenvalue weighted by atomic mass is 19.1. The van der Waals surface area contributed by atoms with E-state index in [-0.39, 0.29) is 13.0 Å². The van der Waals surface area contributed by atoms with Crippen molar-refractivity contribution in [3.63, 3.8) is 0 Å². The molecule has 2 heterocycles. The molecule has 2 aromatic heterocycles. The van der Waals surface area contributed by atoms with Crippen molar-refractivity contribution in [2.75, 3.05) is 5.73 Å². The molecule has 2 rings (SSSR count). The number of rotatable bonds is 8. The van der Waals surface area contributed by atoms with Crippen LogP contribution >= 0.6 is 0 Å². The van der Waals surface area contributed by atoms with E-state index < -0.39 is 23.2 Å². The highest BCUT2D eigenvalue weighted by Gasteiger charge is 2.08. The maximum absolute atomic E-state index is 13.4. The number of nitrogens with zero attached hydrogens (tertiary/aromatic N) is 5. The van der Waals surface area contributed by atoms with Crippen LogP contribution in [0.25, 0.3) is 0 Å². The molecule has 0 aliphatic carbocycles. The lowest BCUT2D eigenvalue weighted by Gasteiger charge is -2.03. The van der Waals surface area contributed by atoms with Gasteiger partial charge >= 0.3 is 5.69 Å². The second kappa shape index (κ2) is 8.15. The van der Waals surface area contributed by atoms with Crippen molar-refractivity contribution in [1.82, 2.24) is 30.0 Å². The number of aryl methyl sites for hydroxylation is 1. The monoisotopic (exact) mass is 339 g/mol. The molecule has 0 aromatic carbocycles. The highest BCUT2D eigenvalue weighted by molar-refractivity contribution is 5.74. The van der Waals surface area contributed by atoms with E-state index in [9.17, 15) is 14.0 Å². The predicted molar refractivity (Wildman–Crippen MR) is 80.4 cm³/mol. The third kappa shape index (κ3) is 4.84. The Labute approximate surface area is 136 Å². The number of aromatic nitrogens is 5. The van der Waals surface area contributed by atoms with E-state index in [1.165, 1.54) is 0 Å². The Kier molecular flexibility index (Phi) is 5.95. The van der Waals surface area contributed by atoms with Gasteiger partial charge in [-0.2, -0.15) is 4.98 Å². The smallest absolute Gasteiger partial charge is 0.350 e. The first-order valence-electron chi connectivity index (χ1n) is 7.34. The fraction of sp³-hybridized carbons (Fsp3) is 0.462. The minimum absolute atomic E-state index is 0.0414. The van der Waals surface area contributed by atoms with Crippen LogP contribution in [0.2, 0.25) is 0 Å². The summed E-state index contributed by atoms with van der Waals surface area (Å²) >= 11 is 0. The Morgan fingerprint density at radius 3 is 2.88 bits per heavy atom. The van der Waals surface area contributed by atoms with Gasteiger partial charge in [-0.1, -0.05) is 11.6 Å². The lowest BCUT2D eigenvalue weighted by molar-refractivity contribution is -0.129. The Morgan fingerprint density at radius 1 is 1.33 bits per heavy atom. The normalized spacial score (nSPS) is 10.8. The van der Waals surface area contributed by atoms with Gasteiger partial charge in [0.15, 0.2) is 11.6 Å². The van der Waals surface area contributed by atoms with Gasteiger partial charge in [-0.15, -0.1) is 5.10 Å². The van der Waals surface area contributed by atoms with E-state index in [2.05, 4.69) is 15.3 Å². The molecule has 11 heteroatoms. The van der Waals surface area contributed by atoms with E-state index in [4.69, 9.17) is 10.9 Å². The van der Waals surface area contributed by atoms with E-state index in [0.29, 0.717) is 18.7 Å². The summed E-state index contributed by atoms with van der Waals surface area (Å²) in [6.45, 7) is 0.636. The quantitative estimate of drug-likeness (QED) is 0.340. The average molecular weight is 339 g/mol. The zero-order valence-corrected chi connectivity index (χ0v) is 12.9. The minimum atomic E-state index is -0.770. The molecule has 0 aliphatic rings. The van der Waals surface area contributed by atoms with E-state index >= 15 is 0 Å². The summed E-state index contributed by atoms with van der Waals surface area (Å²) in [6, 6.07) is 0. The van der Waals surface area contributed by atoms with Crippen LogP contribution in [0.5, 0.6) is 0 Å². The molecule has 2 aromatic rings. The van der Waals surface area contributed by atoms with Crippen LogP contribution < -0.4 is 16.9 Å². The molecule has 1 amide bonds. The maximum Gasteiger partial charge on any atom is 0.350 e. The zero-order chi connectivity index (χ0) is 17.5. The lowest BCUT2D eigenvalue weighted by atomic mass is 10.2. The van der Waals surface area contributed by atoms with Crippen molar-refractivity contribution in [3.8, 4) is 0 Å². The van der Waals surface area contributed by atoms with E-state index in [0.717, 1.165) is 23.6 Å². The maximum atomic E-state index is 13.4. The van der Waals surface area contributed by atoms with Crippen LogP contribution in [0.3, 0.4) is 0 Å². The average Bonchev–Trinajstić information content (AvgIpc) is 2.99. The number of unbranched alkanes of at least 4 members (excludes halogenated alkanes) is 2. The van der Waals surface area contributed by atoms with Crippen molar-refractivity contribution in [2.24, 2.45) is 0 Å². The number of hydrogen-bond donors (Lipinski definition) is 3. The number of nitrogens with one attached hydrogen (secondary N) is 1. The van der Waals surface area contributed by atoms with Crippen molar-refractivity contribution >= 4 is 11.7 Å². The summed E-state index contributed by atoms with van der Waals surface area (Å²) in [5, 5.41) is 16.2. The Morgan fingerprint density at radius 2 is 2.12 bits per heavy atom. The van der Waals surface area contributed by atoms with Crippen LogP contribution in [-0.4, -0.2) is 35.7 Å². The van der Waals surface area contributed by atoms with Gasteiger partial charge in [0.25, 0.3) is 0 Å². The van der Waals surface area contributed by atoms with Crippen molar-refractivity contribution in [3.05, 3.63) is 34.4 Å². The number of halogens is 1. The van der Waals surface area contributed by atoms with Crippen LogP contribution in [0.4, 0.5) is 10.2 Å². The Bertz CT molecular complexity index is 758. The molecule has 0 bridgehead atoms. The minimum Gasteiger partial charge on any atom is -0.381 e. The van der Waals surface area contributed by atoms with Crippen LogP contribution in [0, 0.1) is 5.82 Å². The van der Waals surface area contributed by atoms with Gasteiger partial charge in [0, 0.05) is 19.2 Å². The number of hydroxylamine groups is 1. The number of hydrogen-bond acceptors (Lipinski definition) is 7. The molecular weight excluding hydrogens is 321 g/mol. The largest absolute Gasteiger partial charge is 0.381 e. The first kappa shape index (κ1) is 17.5. The van der Waals surface area contributed by atoms with Crippen molar-refractivity contribution in [1.29, 1.82) is 0 Å². The van der Waals surface area contributed by atoms with Crippen molar-refractivity contribution in [2.45, 2.75) is 38.8 Å². The highest BCUT2D eigenvalue weighted by Crippen LogP contribution is 2.05. The van der Waals surface area contributed by atoms with E-state index in [1.807, 2.05) is 0 Å². The zero-order valence-electron chi connectivity index (χ0n) is 12.9. The molecule has 0 radical (unpaired) electrons. The molecule has 0 spiro atoms. The number of nitrogens with two attached hydrogens (primary N) is 1. The summed E-state index contributed by atoms with van der Waals surface area (Å²) in [4.78, 5) is 25.8. The Hall–Kier alpha value is -2.82. The number of nitrogen functional groups attached to an aromatic ring is 1. The fourth-order valence-corrected chi connectivity index (χ4v) is 2.08. The van der Waals surface area contributed by atoms with Crippen LogP contribution in [0.15, 0.2) is 17.2 Å². The molecule has 0 atom stereocenters. The first-order chi connectivity index (χ1) is 11.5. The van der Waals surface area contributed by atoms with Gasteiger partial charge in [-0.25, -0.2) is 14.7 Å². The number of carbonyl (C=O) groups excluding carboxylic acids is 1. The topological polar surface area (TPSA) is 141 Å². The summed E-state index contributed by atoms with van der Waals surface area (Å²) in [6.07, 6.45) is 5.11. The lowest BCUT2D eigenvalue weighted by Crippen LogP contribution is -2.25. The predicted octanol–water partition coefficient (Wildman–Crippen LogP) is -0.330. The molecule has 130 valence electrons. The molecule has 0 saturated heterocycles. The van der Waals surface area contributed by atoms with Crippen molar-refractivity contribution < 1.29 is 14.4 Å². The van der Waals surface area contributed by atoms with Gasteiger partial charge < -0.3 is 5.73 Å². The summed E-state index contributed by atoms with van der Waals surface area (Å²) in [7, 11) is 0. The van der Waals surface area contributed by atoms with Crippen LogP contribution in [0.1, 0.15) is 31.4 Å². The van der Waals surface area contributed by atoms with E-state index in [1.54, 1.807) is 16.4 Å².